The molecular formula is C18H17N2+. The summed E-state index contributed by atoms with van der Waals surface area (Å²) in [5.74, 6) is 0. The SMILES string of the molecule is Nc1ccc([NH+](c2ccccc2)c2ccccc2)cc1. The zero-order valence-electron chi connectivity index (χ0n) is 11.2. The number of hydrogen-bond acceptors (Lipinski definition) is 1. The van der Waals surface area contributed by atoms with Gasteiger partial charge in [0.25, 0.3) is 0 Å². The third kappa shape index (κ3) is 2.56. The highest BCUT2D eigenvalue weighted by Crippen LogP contribution is 2.15. The molecule has 0 bridgehead atoms. The van der Waals surface area contributed by atoms with E-state index < -0.39 is 0 Å². The molecule has 2 nitrogen and oxygen atoms in total. The van der Waals surface area contributed by atoms with Crippen molar-refractivity contribution >= 4 is 22.7 Å². The molecule has 0 unspecified atom stereocenters. The Bertz CT molecular complexity index is 621. The second-order valence-corrected chi connectivity index (χ2v) is 4.73. The first-order valence-corrected chi connectivity index (χ1v) is 6.68. The Labute approximate surface area is 119 Å². The van der Waals surface area contributed by atoms with Crippen molar-refractivity contribution in [3.63, 3.8) is 0 Å². The molecule has 3 aromatic carbocycles. The quantitative estimate of drug-likeness (QED) is 0.695. The van der Waals surface area contributed by atoms with Crippen LogP contribution in [0.3, 0.4) is 0 Å². The average Bonchev–Trinajstić information content (AvgIpc) is 2.52. The third-order valence-electron chi connectivity index (χ3n) is 3.32. The first kappa shape index (κ1) is 12.5. The molecule has 0 aromatic heterocycles. The number of para-hydroxylation sites is 2. The molecule has 2 heteroatoms. The van der Waals surface area contributed by atoms with Crippen molar-refractivity contribution in [1.29, 1.82) is 0 Å². The molecule has 20 heavy (non-hydrogen) atoms. The fraction of sp³-hybridized carbons (Fsp3) is 0. The maximum Gasteiger partial charge on any atom is 0.141 e. The molecule has 0 aliphatic carbocycles. The van der Waals surface area contributed by atoms with Crippen LogP contribution in [0.1, 0.15) is 0 Å². The van der Waals surface area contributed by atoms with Gasteiger partial charge >= 0.3 is 0 Å². The molecule has 0 aliphatic heterocycles. The fourth-order valence-corrected chi connectivity index (χ4v) is 2.36. The van der Waals surface area contributed by atoms with E-state index in [-0.39, 0.29) is 0 Å². The predicted molar refractivity (Wildman–Crippen MR) is 83.7 cm³/mol. The van der Waals surface area contributed by atoms with Crippen molar-refractivity contribution in [3.8, 4) is 0 Å². The summed E-state index contributed by atoms with van der Waals surface area (Å²) < 4.78 is 0. The van der Waals surface area contributed by atoms with E-state index in [0.717, 1.165) is 5.69 Å². The van der Waals surface area contributed by atoms with Crippen LogP contribution < -0.4 is 10.6 Å². The van der Waals surface area contributed by atoms with Crippen molar-refractivity contribution in [3.05, 3.63) is 84.9 Å². The molecule has 0 heterocycles. The highest BCUT2D eigenvalue weighted by Gasteiger charge is 2.17. The van der Waals surface area contributed by atoms with E-state index in [1.54, 1.807) is 0 Å². The molecule has 0 saturated carbocycles. The molecule has 0 radical (unpaired) electrons. The number of nitrogens with two attached hydrogens (primary N) is 1. The number of nitrogen functional groups attached to an aromatic ring is 1. The number of benzene rings is 3. The molecule has 0 aliphatic rings. The minimum absolute atomic E-state index is 0.786. The zero-order chi connectivity index (χ0) is 13.8. The lowest BCUT2D eigenvalue weighted by Gasteiger charge is -2.18. The Balaban J connectivity index is 2.11. The monoisotopic (exact) mass is 261 g/mol. The van der Waals surface area contributed by atoms with Crippen LogP contribution in [0.5, 0.6) is 0 Å². The predicted octanol–water partition coefficient (Wildman–Crippen LogP) is 3.45. The molecule has 3 rings (SSSR count). The van der Waals surface area contributed by atoms with Gasteiger partial charge in [0.1, 0.15) is 17.1 Å². The Morgan fingerprint density at radius 3 is 1.35 bits per heavy atom. The second-order valence-electron chi connectivity index (χ2n) is 4.73. The van der Waals surface area contributed by atoms with Crippen LogP contribution in [0, 0.1) is 0 Å². The van der Waals surface area contributed by atoms with Gasteiger partial charge in [-0.25, -0.2) is 4.90 Å². The number of nitrogens with one attached hydrogen (secondary N) is 1. The lowest BCUT2D eigenvalue weighted by atomic mass is 10.2. The van der Waals surface area contributed by atoms with E-state index >= 15 is 0 Å². The number of quaternary nitrogens is 1. The fourth-order valence-electron chi connectivity index (χ4n) is 2.36. The summed E-state index contributed by atoms with van der Waals surface area (Å²) in [6.45, 7) is 0. The van der Waals surface area contributed by atoms with Crippen molar-refractivity contribution in [2.45, 2.75) is 0 Å². The summed E-state index contributed by atoms with van der Waals surface area (Å²) >= 11 is 0. The van der Waals surface area contributed by atoms with Gasteiger partial charge < -0.3 is 5.73 Å². The summed E-state index contributed by atoms with van der Waals surface area (Å²) in [6, 6.07) is 28.9. The van der Waals surface area contributed by atoms with E-state index in [1.165, 1.54) is 22.0 Å². The summed E-state index contributed by atoms with van der Waals surface area (Å²) in [6.07, 6.45) is 0. The average molecular weight is 261 g/mol. The Morgan fingerprint density at radius 2 is 0.900 bits per heavy atom. The maximum atomic E-state index is 5.79. The molecule has 0 amide bonds. The van der Waals surface area contributed by atoms with E-state index in [2.05, 4.69) is 60.7 Å². The van der Waals surface area contributed by atoms with Gasteiger partial charge in [-0.15, -0.1) is 0 Å². The van der Waals surface area contributed by atoms with Crippen LogP contribution in [0.15, 0.2) is 84.9 Å². The van der Waals surface area contributed by atoms with Gasteiger partial charge in [0.15, 0.2) is 0 Å². The Kier molecular flexibility index (Phi) is 3.48. The summed E-state index contributed by atoms with van der Waals surface area (Å²) in [5, 5.41) is 0. The van der Waals surface area contributed by atoms with Crippen LogP contribution in [0.4, 0.5) is 22.7 Å². The van der Waals surface area contributed by atoms with Gasteiger partial charge in [-0.1, -0.05) is 36.4 Å². The highest BCUT2D eigenvalue weighted by atomic mass is 15.1. The normalized spacial score (nSPS) is 10.7. The molecule has 98 valence electrons. The number of anilines is 1. The van der Waals surface area contributed by atoms with Crippen molar-refractivity contribution in [2.24, 2.45) is 0 Å². The van der Waals surface area contributed by atoms with Crippen LogP contribution in [-0.4, -0.2) is 0 Å². The van der Waals surface area contributed by atoms with Crippen molar-refractivity contribution in [1.82, 2.24) is 0 Å². The third-order valence-corrected chi connectivity index (χ3v) is 3.32. The first-order chi connectivity index (χ1) is 9.84. The largest absolute Gasteiger partial charge is 0.399 e. The number of rotatable bonds is 3. The smallest absolute Gasteiger partial charge is 0.141 e. The molecule has 3 aromatic rings. The van der Waals surface area contributed by atoms with Crippen LogP contribution in [0.25, 0.3) is 0 Å². The van der Waals surface area contributed by atoms with Crippen molar-refractivity contribution < 1.29 is 4.90 Å². The van der Waals surface area contributed by atoms with Gasteiger partial charge in [0.2, 0.25) is 0 Å². The van der Waals surface area contributed by atoms with Crippen LogP contribution in [0.2, 0.25) is 0 Å². The van der Waals surface area contributed by atoms with Gasteiger partial charge in [-0.2, -0.15) is 0 Å². The highest BCUT2D eigenvalue weighted by molar-refractivity contribution is 5.50. The van der Waals surface area contributed by atoms with Crippen molar-refractivity contribution in [2.75, 3.05) is 5.73 Å². The first-order valence-electron chi connectivity index (χ1n) is 6.68. The molecule has 3 N–H and O–H groups in total. The minimum atomic E-state index is 0.786. The molecular weight excluding hydrogens is 244 g/mol. The molecule has 0 saturated heterocycles. The topological polar surface area (TPSA) is 30.5 Å². The standard InChI is InChI=1S/C18H16N2/c19-15-11-13-18(14-12-15)20(16-7-3-1-4-8-16)17-9-5-2-6-10-17/h1-14H,19H2/p+1. The molecule has 0 fully saturated rings. The number of hydrogen-bond donors (Lipinski definition) is 2. The van der Waals surface area contributed by atoms with E-state index in [0.29, 0.717) is 0 Å². The maximum absolute atomic E-state index is 5.79. The minimum Gasteiger partial charge on any atom is -0.399 e. The zero-order valence-corrected chi connectivity index (χ0v) is 11.2. The summed E-state index contributed by atoms with van der Waals surface area (Å²) in [4.78, 5) is 1.23. The second kappa shape index (κ2) is 5.59. The van der Waals surface area contributed by atoms with Gasteiger partial charge in [0, 0.05) is 17.8 Å². The molecule has 0 spiro atoms. The van der Waals surface area contributed by atoms with Crippen LogP contribution in [-0.2, 0) is 0 Å². The van der Waals surface area contributed by atoms with E-state index in [4.69, 9.17) is 5.73 Å². The van der Waals surface area contributed by atoms with E-state index in [9.17, 15) is 0 Å². The Morgan fingerprint density at radius 1 is 0.500 bits per heavy atom. The summed E-state index contributed by atoms with van der Waals surface area (Å²) in [7, 11) is 0. The van der Waals surface area contributed by atoms with Crippen LogP contribution >= 0.6 is 0 Å². The van der Waals surface area contributed by atoms with Gasteiger partial charge in [0.05, 0.1) is 0 Å². The lowest BCUT2D eigenvalue weighted by Crippen LogP contribution is -2.96. The Hall–Kier alpha value is -2.58. The lowest BCUT2D eigenvalue weighted by molar-refractivity contribution is -0.681. The van der Waals surface area contributed by atoms with Gasteiger partial charge in [-0.3, -0.25) is 0 Å². The van der Waals surface area contributed by atoms with Gasteiger partial charge in [-0.05, 0) is 36.4 Å². The summed E-state index contributed by atoms with van der Waals surface area (Å²) in [5.41, 5.74) is 10.2. The van der Waals surface area contributed by atoms with E-state index in [1.807, 2.05) is 24.3 Å². The molecule has 0 atom stereocenters.